The first-order valence-corrected chi connectivity index (χ1v) is 5.86. The van der Waals surface area contributed by atoms with E-state index in [1.54, 1.807) is 6.20 Å². The number of hydrogen-bond donors (Lipinski definition) is 1. The van der Waals surface area contributed by atoms with Gasteiger partial charge in [-0.1, -0.05) is 0 Å². The van der Waals surface area contributed by atoms with Crippen molar-refractivity contribution >= 4 is 5.82 Å². The van der Waals surface area contributed by atoms with Gasteiger partial charge in [-0.25, -0.2) is 9.97 Å². The van der Waals surface area contributed by atoms with E-state index in [-0.39, 0.29) is 5.82 Å². The minimum Gasteiger partial charge on any atom is -0.352 e. The Morgan fingerprint density at radius 1 is 1.44 bits per heavy atom. The Hall–Kier alpha value is -2.42. The molecule has 0 radical (unpaired) electrons. The van der Waals surface area contributed by atoms with Crippen molar-refractivity contribution in [3.8, 4) is 6.07 Å². The molecule has 2 aromatic rings. The third-order valence-corrected chi connectivity index (χ3v) is 3.09. The summed E-state index contributed by atoms with van der Waals surface area (Å²) in [5, 5.41) is 15.9. The van der Waals surface area contributed by atoms with Gasteiger partial charge in [0.25, 0.3) is 0 Å². The maximum Gasteiger partial charge on any atom is 0.234 e. The van der Waals surface area contributed by atoms with Gasteiger partial charge in [-0.2, -0.15) is 10.4 Å². The summed E-state index contributed by atoms with van der Waals surface area (Å²) in [5.74, 6) is 1.01. The second kappa shape index (κ2) is 4.45. The Bertz CT molecular complexity index is 597. The van der Waals surface area contributed by atoms with Gasteiger partial charge >= 0.3 is 0 Å². The second-order valence-electron chi connectivity index (χ2n) is 4.25. The minimum atomic E-state index is 0.212. The summed E-state index contributed by atoms with van der Waals surface area (Å²) < 4.78 is 0. The molecule has 0 aromatic carbocycles. The molecule has 3 heterocycles. The molecule has 0 unspecified atom stereocenters. The molecule has 0 atom stereocenters. The number of fused-ring (bicyclic) bond motifs is 1. The number of nitrogens with zero attached hydrogens (tertiary/aromatic N) is 5. The second-order valence-corrected chi connectivity index (χ2v) is 4.25. The lowest BCUT2D eigenvalue weighted by Crippen LogP contribution is -2.23. The van der Waals surface area contributed by atoms with Gasteiger partial charge in [-0.05, 0) is 18.9 Å². The van der Waals surface area contributed by atoms with Crippen molar-refractivity contribution in [2.75, 3.05) is 11.4 Å². The molecule has 0 aliphatic carbocycles. The zero-order chi connectivity index (χ0) is 12.4. The van der Waals surface area contributed by atoms with Crippen LogP contribution >= 0.6 is 0 Å². The fraction of sp³-hybridized carbons (Fsp3) is 0.333. The molecule has 18 heavy (non-hydrogen) atoms. The number of nitriles is 1. The van der Waals surface area contributed by atoms with Gasteiger partial charge in [0.05, 0.1) is 6.20 Å². The van der Waals surface area contributed by atoms with Gasteiger partial charge in [-0.15, -0.1) is 0 Å². The average Bonchev–Trinajstić information content (AvgIpc) is 2.76. The summed E-state index contributed by atoms with van der Waals surface area (Å²) >= 11 is 0. The fourth-order valence-electron chi connectivity index (χ4n) is 2.20. The van der Waals surface area contributed by atoms with Gasteiger partial charge in [-0.3, -0.25) is 5.10 Å². The highest BCUT2D eigenvalue weighted by Gasteiger charge is 2.17. The summed E-state index contributed by atoms with van der Waals surface area (Å²) in [7, 11) is 0. The number of anilines is 1. The lowest BCUT2D eigenvalue weighted by Gasteiger charge is -2.21. The lowest BCUT2D eigenvalue weighted by molar-refractivity contribution is 0.742. The molecule has 6 heteroatoms. The first-order chi connectivity index (χ1) is 8.86. The predicted octanol–water partition coefficient (Wildman–Crippen LogP) is 1.02. The number of hydrogen-bond acceptors (Lipinski definition) is 5. The standard InChI is InChI=1S/C12H12N6/c13-6-11-14-4-3-12(16-11)18-5-1-2-10-9(8-18)7-15-17-10/h3-4,7H,1-2,5,8H2,(H,15,17). The summed E-state index contributed by atoms with van der Waals surface area (Å²) in [6, 6.07) is 3.81. The van der Waals surface area contributed by atoms with Crippen molar-refractivity contribution in [3.05, 3.63) is 35.5 Å². The number of rotatable bonds is 1. The smallest absolute Gasteiger partial charge is 0.234 e. The Kier molecular flexibility index (Phi) is 2.65. The monoisotopic (exact) mass is 240 g/mol. The Labute approximate surface area is 104 Å². The van der Waals surface area contributed by atoms with Crippen molar-refractivity contribution in [2.24, 2.45) is 0 Å². The number of nitrogens with one attached hydrogen (secondary N) is 1. The van der Waals surface area contributed by atoms with Crippen LogP contribution in [0.1, 0.15) is 23.5 Å². The van der Waals surface area contributed by atoms with Crippen molar-refractivity contribution < 1.29 is 0 Å². The highest BCUT2D eigenvalue weighted by molar-refractivity contribution is 5.41. The molecule has 0 saturated heterocycles. The first kappa shape index (κ1) is 10.7. The Balaban J connectivity index is 1.91. The molecule has 0 saturated carbocycles. The van der Waals surface area contributed by atoms with Crippen molar-refractivity contribution in [1.29, 1.82) is 5.26 Å². The van der Waals surface area contributed by atoms with Crippen molar-refractivity contribution in [2.45, 2.75) is 19.4 Å². The van der Waals surface area contributed by atoms with Gasteiger partial charge in [0.2, 0.25) is 5.82 Å². The third kappa shape index (κ3) is 1.91. The van der Waals surface area contributed by atoms with Crippen LogP contribution in [0.15, 0.2) is 18.5 Å². The van der Waals surface area contributed by atoms with E-state index in [9.17, 15) is 0 Å². The normalized spacial score (nSPS) is 14.7. The van der Waals surface area contributed by atoms with Crippen LogP contribution in [0.5, 0.6) is 0 Å². The van der Waals surface area contributed by atoms with Gasteiger partial charge in [0, 0.05) is 30.5 Å². The molecule has 90 valence electrons. The SMILES string of the molecule is N#Cc1nccc(N2CCCc3[nH]ncc3C2)n1. The largest absolute Gasteiger partial charge is 0.352 e. The maximum atomic E-state index is 8.83. The van der Waals surface area contributed by atoms with E-state index in [1.165, 1.54) is 11.3 Å². The first-order valence-electron chi connectivity index (χ1n) is 5.86. The van der Waals surface area contributed by atoms with Gasteiger partial charge in [0.15, 0.2) is 0 Å². The zero-order valence-corrected chi connectivity index (χ0v) is 9.80. The summed E-state index contributed by atoms with van der Waals surface area (Å²) in [6.45, 7) is 1.69. The average molecular weight is 240 g/mol. The molecule has 1 aliphatic heterocycles. The fourth-order valence-corrected chi connectivity index (χ4v) is 2.20. The van der Waals surface area contributed by atoms with Crippen LogP contribution in [0.4, 0.5) is 5.82 Å². The lowest BCUT2D eigenvalue weighted by atomic mass is 10.2. The molecule has 1 aliphatic rings. The molecule has 0 amide bonds. The Morgan fingerprint density at radius 3 is 3.28 bits per heavy atom. The highest BCUT2D eigenvalue weighted by atomic mass is 15.2. The quantitative estimate of drug-likeness (QED) is 0.804. The maximum absolute atomic E-state index is 8.83. The van der Waals surface area contributed by atoms with Crippen LogP contribution in [-0.4, -0.2) is 26.7 Å². The number of aryl methyl sites for hydroxylation is 1. The number of aromatic nitrogens is 4. The molecular weight excluding hydrogens is 228 g/mol. The van der Waals surface area contributed by atoms with E-state index in [0.717, 1.165) is 31.7 Å². The van der Waals surface area contributed by atoms with Gasteiger partial charge in [0.1, 0.15) is 11.9 Å². The molecule has 2 aromatic heterocycles. The van der Waals surface area contributed by atoms with Crippen LogP contribution in [0.3, 0.4) is 0 Å². The van der Waals surface area contributed by atoms with E-state index in [4.69, 9.17) is 5.26 Å². The van der Waals surface area contributed by atoms with E-state index >= 15 is 0 Å². The van der Waals surface area contributed by atoms with Crippen LogP contribution in [0, 0.1) is 11.3 Å². The van der Waals surface area contributed by atoms with Crippen molar-refractivity contribution in [3.63, 3.8) is 0 Å². The molecular formula is C12H12N6. The minimum absolute atomic E-state index is 0.212. The zero-order valence-electron chi connectivity index (χ0n) is 9.80. The summed E-state index contributed by atoms with van der Waals surface area (Å²) in [5.41, 5.74) is 2.40. The van der Waals surface area contributed by atoms with E-state index in [2.05, 4.69) is 25.1 Å². The van der Waals surface area contributed by atoms with Crippen LogP contribution in [-0.2, 0) is 13.0 Å². The molecule has 6 nitrogen and oxygen atoms in total. The van der Waals surface area contributed by atoms with E-state index in [1.807, 2.05) is 18.3 Å². The van der Waals surface area contributed by atoms with Crippen LogP contribution < -0.4 is 4.90 Å². The third-order valence-electron chi connectivity index (χ3n) is 3.09. The van der Waals surface area contributed by atoms with Crippen molar-refractivity contribution in [1.82, 2.24) is 20.2 Å². The predicted molar refractivity (Wildman–Crippen MR) is 64.7 cm³/mol. The van der Waals surface area contributed by atoms with E-state index in [0.29, 0.717) is 0 Å². The molecule has 0 fully saturated rings. The topological polar surface area (TPSA) is 81.5 Å². The molecule has 1 N–H and O–H groups in total. The molecule has 0 spiro atoms. The van der Waals surface area contributed by atoms with E-state index < -0.39 is 0 Å². The summed E-state index contributed by atoms with van der Waals surface area (Å²) in [4.78, 5) is 10.3. The number of aromatic amines is 1. The van der Waals surface area contributed by atoms with Crippen LogP contribution in [0.25, 0.3) is 0 Å². The number of H-pyrrole nitrogens is 1. The molecule has 0 bridgehead atoms. The Morgan fingerprint density at radius 2 is 2.39 bits per heavy atom. The van der Waals surface area contributed by atoms with Gasteiger partial charge < -0.3 is 4.90 Å². The summed E-state index contributed by atoms with van der Waals surface area (Å²) in [6.07, 6.45) is 5.53. The highest BCUT2D eigenvalue weighted by Crippen LogP contribution is 2.20. The molecule has 3 rings (SSSR count). The van der Waals surface area contributed by atoms with Crippen LogP contribution in [0.2, 0.25) is 0 Å².